The quantitative estimate of drug-likeness (QED) is 0.375. The van der Waals surface area contributed by atoms with Gasteiger partial charge in [-0.25, -0.2) is 4.79 Å². The predicted octanol–water partition coefficient (Wildman–Crippen LogP) is 3.26. The summed E-state index contributed by atoms with van der Waals surface area (Å²) in [5, 5.41) is 5.05. The third-order valence-electron chi connectivity index (χ3n) is 4.33. The van der Waals surface area contributed by atoms with Gasteiger partial charge < -0.3 is 16.4 Å². The SMILES string of the molecule is NCc1ccc(C(=O)N(OC(=O)C(F)(F)F)c2ccc3cc(/C=N/N)ccc3c2)cc1. The number of benzene rings is 3. The van der Waals surface area contributed by atoms with E-state index in [0.29, 0.717) is 21.4 Å². The number of halogens is 3. The van der Waals surface area contributed by atoms with E-state index < -0.39 is 18.1 Å². The molecule has 0 aliphatic heterocycles. The lowest BCUT2D eigenvalue weighted by Crippen LogP contribution is -2.38. The first-order valence-electron chi connectivity index (χ1n) is 8.92. The number of anilines is 1. The Morgan fingerprint density at radius 2 is 1.65 bits per heavy atom. The first-order chi connectivity index (χ1) is 14.7. The minimum Gasteiger partial charge on any atom is -0.326 e. The highest BCUT2D eigenvalue weighted by Crippen LogP contribution is 2.27. The van der Waals surface area contributed by atoms with Crippen molar-refractivity contribution in [1.82, 2.24) is 0 Å². The van der Waals surface area contributed by atoms with E-state index in [9.17, 15) is 22.8 Å². The molecule has 0 spiro atoms. The minimum absolute atomic E-state index is 0.0155. The van der Waals surface area contributed by atoms with Crippen LogP contribution in [0.25, 0.3) is 10.8 Å². The number of hydrazone groups is 1. The van der Waals surface area contributed by atoms with Gasteiger partial charge in [0.05, 0.1) is 11.9 Å². The molecule has 7 nitrogen and oxygen atoms in total. The molecule has 3 aromatic rings. The molecule has 3 rings (SSSR count). The Morgan fingerprint density at radius 3 is 2.26 bits per heavy atom. The van der Waals surface area contributed by atoms with Crippen LogP contribution in [-0.2, 0) is 16.2 Å². The van der Waals surface area contributed by atoms with E-state index in [0.717, 1.165) is 5.56 Å². The van der Waals surface area contributed by atoms with Gasteiger partial charge >= 0.3 is 12.1 Å². The van der Waals surface area contributed by atoms with E-state index in [-0.39, 0.29) is 17.8 Å². The van der Waals surface area contributed by atoms with E-state index >= 15 is 0 Å². The number of hydrogen-bond acceptors (Lipinski definition) is 6. The highest BCUT2D eigenvalue weighted by atomic mass is 19.4. The Balaban J connectivity index is 2.03. The fraction of sp³-hybridized carbons (Fsp3) is 0.0952. The molecular weight excluding hydrogens is 413 g/mol. The summed E-state index contributed by atoms with van der Waals surface area (Å²) in [6.45, 7) is 0.225. The topological polar surface area (TPSA) is 111 Å². The number of rotatable bonds is 4. The van der Waals surface area contributed by atoms with Gasteiger partial charge in [0.2, 0.25) is 0 Å². The van der Waals surface area contributed by atoms with Gasteiger partial charge in [-0.05, 0) is 52.2 Å². The van der Waals surface area contributed by atoms with Gasteiger partial charge in [0.25, 0.3) is 5.91 Å². The van der Waals surface area contributed by atoms with E-state index in [2.05, 4.69) is 9.94 Å². The van der Waals surface area contributed by atoms with Crippen LogP contribution in [-0.4, -0.2) is 24.3 Å². The van der Waals surface area contributed by atoms with E-state index in [1.54, 1.807) is 36.4 Å². The summed E-state index contributed by atoms with van der Waals surface area (Å²) in [7, 11) is 0. The molecule has 0 unspecified atom stereocenters. The Kier molecular flexibility index (Phi) is 6.21. The Labute approximate surface area is 174 Å². The lowest BCUT2D eigenvalue weighted by atomic mass is 10.1. The number of carbonyl (C=O) groups is 2. The molecule has 0 aromatic heterocycles. The first-order valence-corrected chi connectivity index (χ1v) is 8.92. The van der Waals surface area contributed by atoms with Crippen LogP contribution in [0.1, 0.15) is 21.5 Å². The average molecular weight is 430 g/mol. The maximum Gasteiger partial charge on any atom is 0.493 e. The van der Waals surface area contributed by atoms with Gasteiger partial charge in [0.15, 0.2) is 0 Å². The van der Waals surface area contributed by atoms with Crippen LogP contribution in [0.4, 0.5) is 18.9 Å². The molecule has 0 atom stereocenters. The molecule has 10 heteroatoms. The normalized spacial score (nSPS) is 11.6. The van der Waals surface area contributed by atoms with Crippen molar-refractivity contribution < 1.29 is 27.6 Å². The van der Waals surface area contributed by atoms with Gasteiger partial charge in [0.1, 0.15) is 0 Å². The van der Waals surface area contributed by atoms with Gasteiger partial charge in [-0.1, -0.05) is 30.3 Å². The monoisotopic (exact) mass is 430 g/mol. The molecular formula is C21H17F3N4O3. The number of nitrogens with two attached hydrogens (primary N) is 2. The number of hydrogen-bond donors (Lipinski definition) is 2. The largest absolute Gasteiger partial charge is 0.493 e. The van der Waals surface area contributed by atoms with Crippen LogP contribution in [0, 0.1) is 0 Å². The summed E-state index contributed by atoms with van der Waals surface area (Å²) in [4.78, 5) is 28.8. The first kappa shape index (κ1) is 21.8. The smallest absolute Gasteiger partial charge is 0.326 e. The molecule has 4 N–H and O–H groups in total. The fourth-order valence-corrected chi connectivity index (χ4v) is 2.79. The van der Waals surface area contributed by atoms with Crippen LogP contribution in [0.2, 0.25) is 0 Å². The fourth-order valence-electron chi connectivity index (χ4n) is 2.79. The molecule has 0 fully saturated rings. The van der Waals surface area contributed by atoms with Gasteiger partial charge in [-0.15, -0.1) is 5.06 Å². The van der Waals surface area contributed by atoms with Crippen molar-refractivity contribution in [2.24, 2.45) is 16.7 Å². The van der Waals surface area contributed by atoms with E-state index in [1.807, 2.05) is 0 Å². The summed E-state index contributed by atoms with van der Waals surface area (Å²) >= 11 is 0. The maximum absolute atomic E-state index is 12.9. The lowest BCUT2D eigenvalue weighted by molar-refractivity contribution is -0.199. The third kappa shape index (κ3) is 4.98. The van der Waals surface area contributed by atoms with Crippen LogP contribution in [0.15, 0.2) is 65.8 Å². The highest BCUT2D eigenvalue weighted by molar-refractivity contribution is 6.07. The molecule has 0 saturated carbocycles. The van der Waals surface area contributed by atoms with Crippen molar-refractivity contribution in [3.8, 4) is 0 Å². The number of carbonyl (C=O) groups excluding carboxylic acids is 2. The molecule has 0 heterocycles. The average Bonchev–Trinajstić information content (AvgIpc) is 2.76. The van der Waals surface area contributed by atoms with Gasteiger partial charge in [0, 0.05) is 12.1 Å². The summed E-state index contributed by atoms with van der Waals surface area (Å²) in [6.07, 6.45) is -3.85. The summed E-state index contributed by atoms with van der Waals surface area (Å²) in [5.74, 6) is 1.66. The molecule has 0 saturated heterocycles. The van der Waals surface area contributed by atoms with Crippen molar-refractivity contribution in [2.75, 3.05) is 5.06 Å². The molecule has 0 aliphatic carbocycles. The Bertz CT molecular complexity index is 1140. The van der Waals surface area contributed by atoms with Crippen LogP contribution in [0.3, 0.4) is 0 Å². The van der Waals surface area contributed by atoms with E-state index in [4.69, 9.17) is 11.6 Å². The number of hydroxylamine groups is 1. The predicted molar refractivity (Wildman–Crippen MR) is 109 cm³/mol. The van der Waals surface area contributed by atoms with Crippen molar-refractivity contribution in [3.63, 3.8) is 0 Å². The summed E-state index contributed by atoms with van der Waals surface area (Å²) in [5.41, 5.74) is 6.90. The van der Waals surface area contributed by atoms with Crippen molar-refractivity contribution >= 4 is 34.6 Å². The van der Waals surface area contributed by atoms with Gasteiger partial charge in [-0.2, -0.15) is 18.3 Å². The van der Waals surface area contributed by atoms with Crippen molar-refractivity contribution in [2.45, 2.75) is 12.7 Å². The zero-order valence-corrected chi connectivity index (χ0v) is 16.0. The number of nitrogens with zero attached hydrogens (tertiary/aromatic N) is 2. The zero-order valence-electron chi connectivity index (χ0n) is 16.0. The van der Waals surface area contributed by atoms with Crippen LogP contribution in [0.5, 0.6) is 0 Å². The number of alkyl halides is 3. The molecule has 0 aliphatic rings. The second-order valence-electron chi connectivity index (χ2n) is 6.45. The Hall–Kier alpha value is -3.92. The second kappa shape index (κ2) is 8.84. The molecule has 160 valence electrons. The standard InChI is InChI=1S/C21H17F3N4O3/c22-21(23,24)20(30)31-28(19(29)15-4-1-13(11-25)2-5-15)18-8-7-16-9-14(12-27-26)3-6-17(16)10-18/h1-10,12H,11,25-26H2/b27-12+. The van der Waals surface area contributed by atoms with Crippen molar-refractivity contribution in [3.05, 3.63) is 77.4 Å². The zero-order chi connectivity index (χ0) is 22.6. The number of fused-ring (bicyclic) bond motifs is 1. The maximum atomic E-state index is 12.9. The molecule has 31 heavy (non-hydrogen) atoms. The molecule has 1 amide bonds. The second-order valence-corrected chi connectivity index (χ2v) is 6.45. The Morgan fingerprint density at radius 1 is 1.00 bits per heavy atom. The third-order valence-corrected chi connectivity index (χ3v) is 4.33. The van der Waals surface area contributed by atoms with Crippen LogP contribution < -0.4 is 16.6 Å². The highest BCUT2D eigenvalue weighted by Gasteiger charge is 2.43. The molecule has 0 bridgehead atoms. The number of amides is 1. The minimum atomic E-state index is -5.28. The van der Waals surface area contributed by atoms with Crippen LogP contribution >= 0.6 is 0 Å². The molecule has 3 aromatic carbocycles. The van der Waals surface area contributed by atoms with Crippen molar-refractivity contribution in [1.29, 1.82) is 0 Å². The lowest BCUT2D eigenvalue weighted by Gasteiger charge is -2.22. The van der Waals surface area contributed by atoms with Gasteiger partial charge in [-0.3, -0.25) is 4.79 Å². The summed E-state index contributed by atoms with van der Waals surface area (Å²) < 4.78 is 38.4. The molecule has 0 radical (unpaired) electrons. The van der Waals surface area contributed by atoms with E-state index in [1.165, 1.54) is 30.5 Å². The summed E-state index contributed by atoms with van der Waals surface area (Å²) in [6, 6.07) is 15.3.